The largest absolute Gasteiger partial charge is 0.423 e. The fourth-order valence-electron chi connectivity index (χ4n) is 4.38. The number of sulfonamides is 1. The van der Waals surface area contributed by atoms with Crippen molar-refractivity contribution in [3.63, 3.8) is 0 Å². The predicted octanol–water partition coefficient (Wildman–Crippen LogP) is 6.08. The fraction of sp³-hybridized carbons (Fsp3) is 0.345. The summed E-state index contributed by atoms with van der Waals surface area (Å²) < 4.78 is 35.9. The Kier molecular flexibility index (Phi) is 7.96. The van der Waals surface area contributed by atoms with Crippen LogP contribution in [0.5, 0.6) is 0 Å². The SMILES string of the molecule is CC(C)(C)c1cccc(C(C)(C)C)c1C(NS(=O)(=O)C(OC(N)=O)c1ccccc1)c1ccccc1. The van der Waals surface area contributed by atoms with E-state index in [0.29, 0.717) is 5.56 Å². The number of ether oxygens (including phenoxy) is 1. The maximum atomic E-state index is 13.9. The Morgan fingerprint density at radius 2 is 1.19 bits per heavy atom. The molecule has 1 amide bonds. The van der Waals surface area contributed by atoms with Crippen LogP contribution in [0.25, 0.3) is 0 Å². The zero-order valence-corrected chi connectivity index (χ0v) is 22.6. The van der Waals surface area contributed by atoms with E-state index < -0.39 is 27.6 Å². The molecular formula is C29H36N2O4S. The molecule has 0 bridgehead atoms. The van der Waals surface area contributed by atoms with Crippen molar-refractivity contribution in [1.82, 2.24) is 4.72 Å². The first-order valence-electron chi connectivity index (χ1n) is 11.9. The number of nitrogens with two attached hydrogens (primary N) is 1. The molecule has 0 aliphatic heterocycles. The average molecular weight is 509 g/mol. The summed E-state index contributed by atoms with van der Waals surface area (Å²) in [7, 11) is -4.26. The Labute approximate surface area is 214 Å². The van der Waals surface area contributed by atoms with Crippen molar-refractivity contribution >= 4 is 16.1 Å². The van der Waals surface area contributed by atoms with Gasteiger partial charge in [-0.1, -0.05) is 120 Å². The van der Waals surface area contributed by atoms with Gasteiger partial charge in [0.15, 0.2) is 0 Å². The number of benzene rings is 3. The Balaban J connectivity index is 2.28. The van der Waals surface area contributed by atoms with Crippen molar-refractivity contribution < 1.29 is 17.9 Å². The minimum Gasteiger partial charge on any atom is -0.423 e. The summed E-state index contributed by atoms with van der Waals surface area (Å²) in [6.45, 7) is 12.7. The monoisotopic (exact) mass is 508 g/mol. The van der Waals surface area contributed by atoms with Gasteiger partial charge in [-0.25, -0.2) is 13.2 Å². The molecule has 7 heteroatoms. The minimum atomic E-state index is -4.26. The molecule has 0 aliphatic rings. The summed E-state index contributed by atoms with van der Waals surface area (Å²) in [6.07, 6.45) is -1.17. The molecule has 0 saturated heterocycles. The maximum absolute atomic E-state index is 13.9. The zero-order chi connectivity index (χ0) is 26.7. The molecule has 0 saturated carbocycles. The highest BCUT2D eigenvalue weighted by Crippen LogP contribution is 2.40. The van der Waals surface area contributed by atoms with Gasteiger partial charge in [-0.3, -0.25) is 0 Å². The van der Waals surface area contributed by atoms with E-state index in [1.165, 1.54) is 0 Å². The molecule has 0 spiro atoms. The lowest BCUT2D eigenvalue weighted by Crippen LogP contribution is -2.38. The highest BCUT2D eigenvalue weighted by molar-refractivity contribution is 7.89. The van der Waals surface area contributed by atoms with Crippen LogP contribution >= 0.6 is 0 Å². The van der Waals surface area contributed by atoms with Gasteiger partial charge in [0.2, 0.25) is 5.44 Å². The van der Waals surface area contributed by atoms with Crippen LogP contribution < -0.4 is 10.5 Å². The number of amides is 1. The number of carbonyl (C=O) groups is 1. The van der Waals surface area contributed by atoms with E-state index in [4.69, 9.17) is 10.5 Å². The van der Waals surface area contributed by atoms with Gasteiger partial charge < -0.3 is 10.5 Å². The average Bonchev–Trinajstić information content (AvgIpc) is 2.80. The van der Waals surface area contributed by atoms with Gasteiger partial charge in [-0.05, 0) is 33.1 Å². The molecule has 36 heavy (non-hydrogen) atoms. The van der Waals surface area contributed by atoms with E-state index in [0.717, 1.165) is 22.3 Å². The Morgan fingerprint density at radius 1 is 0.750 bits per heavy atom. The lowest BCUT2D eigenvalue weighted by Gasteiger charge is -2.35. The number of hydrogen-bond donors (Lipinski definition) is 2. The second kappa shape index (κ2) is 10.4. The molecule has 2 unspecified atom stereocenters. The number of hydrogen-bond acceptors (Lipinski definition) is 4. The van der Waals surface area contributed by atoms with Crippen LogP contribution in [0.4, 0.5) is 4.79 Å². The number of carbonyl (C=O) groups excluding carboxylic acids is 1. The van der Waals surface area contributed by atoms with Gasteiger partial charge >= 0.3 is 6.09 Å². The molecule has 3 aromatic carbocycles. The van der Waals surface area contributed by atoms with E-state index in [1.807, 2.05) is 48.5 Å². The van der Waals surface area contributed by atoms with Crippen molar-refractivity contribution in [2.75, 3.05) is 0 Å². The van der Waals surface area contributed by atoms with Gasteiger partial charge in [0.25, 0.3) is 10.0 Å². The maximum Gasteiger partial charge on any atom is 0.406 e. The van der Waals surface area contributed by atoms with Crippen molar-refractivity contribution in [3.05, 3.63) is 107 Å². The second-order valence-electron chi connectivity index (χ2n) is 11.0. The molecule has 3 N–H and O–H groups in total. The first-order valence-corrected chi connectivity index (χ1v) is 13.5. The Bertz CT molecular complexity index is 1260. The molecule has 0 aliphatic carbocycles. The number of rotatable bonds is 7. The van der Waals surface area contributed by atoms with Crippen LogP contribution in [0, 0.1) is 0 Å². The van der Waals surface area contributed by atoms with Crippen LogP contribution in [-0.4, -0.2) is 14.5 Å². The normalized spacial score (nSPS) is 14.2. The highest BCUT2D eigenvalue weighted by atomic mass is 32.2. The van der Waals surface area contributed by atoms with E-state index >= 15 is 0 Å². The van der Waals surface area contributed by atoms with Gasteiger partial charge in [-0.2, -0.15) is 4.72 Å². The van der Waals surface area contributed by atoms with Gasteiger partial charge in [0.1, 0.15) is 0 Å². The lowest BCUT2D eigenvalue weighted by atomic mass is 9.73. The van der Waals surface area contributed by atoms with E-state index in [9.17, 15) is 13.2 Å². The van der Waals surface area contributed by atoms with Crippen molar-refractivity contribution in [3.8, 4) is 0 Å². The van der Waals surface area contributed by atoms with Gasteiger partial charge in [-0.15, -0.1) is 0 Å². The van der Waals surface area contributed by atoms with Crippen LogP contribution in [0.1, 0.15) is 80.8 Å². The molecule has 0 aromatic heterocycles. The molecule has 0 heterocycles. The third kappa shape index (κ3) is 6.33. The summed E-state index contributed by atoms with van der Waals surface area (Å²) in [4.78, 5) is 11.7. The molecule has 192 valence electrons. The van der Waals surface area contributed by atoms with Crippen molar-refractivity contribution in [2.45, 2.75) is 63.9 Å². The standard InChI is InChI=1S/C29H36N2O4S/c1-28(2,3)22-18-13-19-23(29(4,5)6)24(22)25(20-14-9-7-10-15-20)31-36(33,34)26(35-27(30)32)21-16-11-8-12-17-21/h7-19,25-26,31H,1-6H3,(H2,30,32). The van der Waals surface area contributed by atoms with Crippen molar-refractivity contribution in [2.24, 2.45) is 5.73 Å². The Morgan fingerprint density at radius 3 is 1.61 bits per heavy atom. The van der Waals surface area contributed by atoms with Crippen LogP contribution in [-0.2, 0) is 25.6 Å². The summed E-state index contributed by atoms with van der Waals surface area (Å²) >= 11 is 0. The van der Waals surface area contributed by atoms with E-state index in [1.54, 1.807) is 30.3 Å². The fourth-order valence-corrected chi connectivity index (χ4v) is 5.82. The summed E-state index contributed by atoms with van der Waals surface area (Å²) in [5.74, 6) is 0. The first-order chi connectivity index (χ1) is 16.7. The molecular weight excluding hydrogens is 472 g/mol. The highest BCUT2D eigenvalue weighted by Gasteiger charge is 2.37. The second-order valence-corrected chi connectivity index (χ2v) is 12.7. The minimum absolute atomic E-state index is 0.266. The predicted molar refractivity (Wildman–Crippen MR) is 144 cm³/mol. The molecule has 3 aromatic rings. The molecule has 6 nitrogen and oxygen atoms in total. The van der Waals surface area contributed by atoms with Crippen LogP contribution in [0.3, 0.4) is 0 Å². The molecule has 2 atom stereocenters. The first kappa shape index (κ1) is 27.4. The Hall–Kier alpha value is -3.16. The summed E-state index contributed by atoms with van der Waals surface area (Å²) in [5.41, 5.74) is 7.16. The van der Waals surface area contributed by atoms with Crippen molar-refractivity contribution in [1.29, 1.82) is 0 Å². The third-order valence-electron chi connectivity index (χ3n) is 6.00. The van der Waals surface area contributed by atoms with Gasteiger partial charge in [0, 0.05) is 5.56 Å². The molecule has 0 radical (unpaired) electrons. The van der Waals surface area contributed by atoms with Crippen LogP contribution in [0.2, 0.25) is 0 Å². The zero-order valence-electron chi connectivity index (χ0n) is 21.8. The third-order valence-corrected chi connectivity index (χ3v) is 7.50. The van der Waals surface area contributed by atoms with E-state index in [2.05, 4.69) is 46.3 Å². The molecule has 3 rings (SSSR count). The van der Waals surface area contributed by atoms with Gasteiger partial charge in [0.05, 0.1) is 6.04 Å². The topological polar surface area (TPSA) is 98.5 Å². The van der Waals surface area contributed by atoms with E-state index in [-0.39, 0.29) is 10.8 Å². The smallest absolute Gasteiger partial charge is 0.406 e. The quantitative estimate of drug-likeness (QED) is 0.404. The molecule has 0 fully saturated rings. The summed E-state index contributed by atoms with van der Waals surface area (Å²) in [6, 6.07) is 23.1. The summed E-state index contributed by atoms with van der Waals surface area (Å²) in [5, 5.41) is 0. The lowest BCUT2D eigenvalue weighted by molar-refractivity contribution is 0.141. The number of nitrogens with one attached hydrogen (secondary N) is 1. The number of primary amides is 1. The van der Waals surface area contributed by atoms with Crippen LogP contribution in [0.15, 0.2) is 78.9 Å².